The Morgan fingerprint density at radius 2 is 1.96 bits per heavy atom. The van der Waals surface area contributed by atoms with E-state index in [2.05, 4.69) is 10.2 Å². The zero-order valence-corrected chi connectivity index (χ0v) is 16.9. The molecule has 28 heavy (non-hydrogen) atoms. The number of rotatable bonds is 6. The third-order valence-corrected chi connectivity index (χ3v) is 5.67. The summed E-state index contributed by atoms with van der Waals surface area (Å²) >= 11 is 1.38. The van der Waals surface area contributed by atoms with Crippen molar-refractivity contribution < 1.29 is 19.1 Å². The molecule has 1 aromatic heterocycles. The summed E-state index contributed by atoms with van der Waals surface area (Å²) in [6, 6.07) is 7.08. The van der Waals surface area contributed by atoms with Gasteiger partial charge in [-0.25, -0.2) is 4.79 Å². The number of benzene rings is 1. The number of anilines is 3. The average molecular weight is 404 g/mol. The van der Waals surface area contributed by atoms with Gasteiger partial charge in [0, 0.05) is 29.3 Å². The number of hydrogen-bond acceptors (Lipinski definition) is 7. The van der Waals surface area contributed by atoms with Crippen LogP contribution in [0.5, 0.6) is 0 Å². The highest BCUT2D eigenvalue weighted by Crippen LogP contribution is 2.31. The number of carbonyl (C=O) groups excluding carboxylic acids is 2. The number of hydrogen-bond donors (Lipinski definition) is 2. The number of thiophene rings is 1. The molecule has 0 unspecified atom stereocenters. The minimum absolute atomic E-state index is 0.278. The highest BCUT2D eigenvalue weighted by molar-refractivity contribution is 7.16. The summed E-state index contributed by atoms with van der Waals surface area (Å²) in [6.07, 6.45) is 0.768. The van der Waals surface area contributed by atoms with Crippen LogP contribution < -0.4 is 16.0 Å². The molecule has 0 bridgehead atoms. The van der Waals surface area contributed by atoms with Crippen LogP contribution in [0.3, 0.4) is 0 Å². The van der Waals surface area contributed by atoms with Gasteiger partial charge in [0.15, 0.2) is 0 Å². The summed E-state index contributed by atoms with van der Waals surface area (Å²) in [6.45, 7) is 6.67. The van der Waals surface area contributed by atoms with Crippen molar-refractivity contribution in [2.75, 3.05) is 48.9 Å². The molecule has 2 heterocycles. The Balaban J connectivity index is 1.90. The molecule has 1 saturated heterocycles. The van der Waals surface area contributed by atoms with E-state index in [4.69, 9.17) is 15.2 Å². The van der Waals surface area contributed by atoms with Gasteiger partial charge in [0.1, 0.15) is 5.00 Å². The number of esters is 1. The number of amides is 1. The molecular weight excluding hydrogens is 378 g/mol. The zero-order chi connectivity index (χ0) is 20.1. The second-order valence-electron chi connectivity index (χ2n) is 6.36. The average Bonchev–Trinajstić information content (AvgIpc) is 3.11. The van der Waals surface area contributed by atoms with E-state index in [9.17, 15) is 9.59 Å². The maximum atomic E-state index is 13.1. The van der Waals surface area contributed by atoms with Crippen LogP contribution in [-0.2, 0) is 15.9 Å². The fourth-order valence-electron chi connectivity index (χ4n) is 3.06. The van der Waals surface area contributed by atoms with Crippen molar-refractivity contribution in [2.45, 2.75) is 20.3 Å². The number of nitrogens with two attached hydrogens (primary N) is 1. The molecule has 0 aliphatic carbocycles. The number of nitrogens with one attached hydrogen (secondary N) is 1. The molecule has 7 nitrogen and oxygen atoms in total. The number of aryl methyl sites for hydroxylation is 1. The van der Waals surface area contributed by atoms with Gasteiger partial charge in [0.2, 0.25) is 0 Å². The fourth-order valence-corrected chi connectivity index (χ4v) is 4.03. The highest BCUT2D eigenvalue weighted by Gasteiger charge is 2.23. The zero-order valence-electron chi connectivity index (χ0n) is 16.1. The van der Waals surface area contributed by atoms with Gasteiger partial charge in [0.05, 0.1) is 30.9 Å². The molecule has 1 amide bonds. The van der Waals surface area contributed by atoms with E-state index in [0.29, 0.717) is 48.1 Å². The Hall–Kier alpha value is -2.58. The van der Waals surface area contributed by atoms with E-state index < -0.39 is 5.97 Å². The monoisotopic (exact) mass is 403 g/mol. The Morgan fingerprint density at radius 3 is 2.64 bits per heavy atom. The van der Waals surface area contributed by atoms with Crippen molar-refractivity contribution in [2.24, 2.45) is 0 Å². The number of nitrogens with zero attached hydrogens (tertiary/aromatic N) is 1. The lowest BCUT2D eigenvalue weighted by atomic mass is 10.1. The maximum Gasteiger partial charge on any atom is 0.341 e. The molecule has 8 heteroatoms. The van der Waals surface area contributed by atoms with Crippen LogP contribution in [0.4, 0.5) is 16.4 Å². The maximum absolute atomic E-state index is 13.1. The topological polar surface area (TPSA) is 93.9 Å². The molecule has 0 saturated carbocycles. The van der Waals surface area contributed by atoms with Gasteiger partial charge >= 0.3 is 5.97 Å². The summed E-state index contributed by atoms with van der Waals surface area (Å²) in [7, 11) is 0. The van der Waals surface area contributed by atoms with Gasteiger partial charge in [-0.15, -0.1) is 11.3 Å². The van der Waals surface area contributed by atoms with Crippen LogP contribution in [0.15, 0.2) is 24.3 Å². The lowest BCUT2D eigenvalue weighted by Gasteiger charge is -2.30. The van der Waals surface area contributed by atoms with Crippen LogP contribution in [0, 0.1) is 0 Å². The van der Waals surface area contributed by atoms with E-state index in [1.54, 1.807) is 25.1 Å². The number of nitrogen functional groups attached to an aromatic ring is 1. The smallest absolute Gasteiger partial charge is 0.341 e. The van der Waals surface area contributed by atoms with E-state index in [-0.39, 0.29) is 12.5 Å². The van der Waals surface area contributed by atoms with Gasteiger partial charge in [-0.1, -0.05) is 6.92 Å². The first-order valence-corrected chi connectivity index (χ1v) is 10.2. The molecule has 1 fully saturated rings. The quantitative estimate of drug-likeness (QED) is 0.568. The number of carbonyl (C=O) groups is 2. The molecule has 3 rings (SSSR count). The second-order valence-corrected chi connectivity index (χ2v) is 7.50. The van der Waals surface area contributed by atoms with Crippen molar-refractivity contribution in [1.29, 1.82) is 0 Å². The predicted octanol–water partition coefficient (Wildman–Crippen LogP) is 3.16. The molecule has 3 N–H and O–H groups in total. The van der Waals surface area contributed by atoms with Crippen molar-refractivity contribution in [3.63, 3.8) is 0 Å². The Labute approximate surface area is 168 Å². The summed E-state index contributed by atoms with van der Waals surface area (Å²) in [4.78, 5) is 28.5. The molecule has 2 aromatic rings. The Bertz CT molecular complexity index is 859. The Morgan fingerprint density at radius 1 is 1.21 bits per heavy atom. The second kappa shape index (κ2) is 9.07. The van der Waals surface area contributed by atoms with Gasteiger partial charge in [0.25, 0.3) is 5.91 Å². The molecule has 1 aliphatic rings. The van der Waals surface area contributed by atoms with E-state index in [1.165, 1.54) is 11.3 Å². The van der Waals surface area contributed by atoms with Gasteiger partial charge < -0.3 is 25.4 Å². The van der Waals surface area contributed by atoms with Crippen LogP contribution in [0.25, 0.3) is 0 Å². The lowest BCUT2D eigenvalue weighted by Crippen LogP contribution is -2.37. The van der Waals surface area contributed by atoms with Crippen LogP contribution in [-0.4, -0.2) is 44.8 Å². The summed E-state index contributed by atoms with van der Waals surface area (Å²) in [5.41, 5.74) is 8.11. The molecule has 0 radical (unpaired) electrons. The molecular formula is C20H25N3O4S. The van der Waals surface area contributed by atoms with Crippen LogP contribution >= 0.6 is 11.3 Å². The molecule has 1 aromatic carbocycles. The summed E-state index contributed by atoms with van der Waals surface area (Å²) in [5, 5.41) is 3.39. The van der Waals surface area contributed by atoms with E-state index in [1.807, 2.05) is 13.0 Å². The lowest BCUT2D eigenvalue weighted by molar-refractivity contribution is 0.0528. The SMILES string of the molecule is CCOC(=O)c1cc(CC)sc1NC(=O)c1cc(N)ccc1N1CCOCC1. The minimum Gasteiger partial charge on any atom is -0.462 e. The predicted molar refractivity (Wildman–Crippen MR) is 111 cm³/mol. The van der Waals surface area contributed by atoms with Crippen molar-refractivity contribution >= 4 is 39.6 Å². The standard InChI is InChI=1S/C20H25N3O4S/c1-3-14-12-16(20(25)27-4-2)19(28-14)22-18(24)15-11-13(21)5-6-17(15)23-7-9-26-10-8-23/h5-6,11-12H,3-4,7-10,21H2,1-2H3,(H,22,24). The summed E-state index contributed by atoms with van der Waals surface area (Å²) in [5.74, 6) is -0.737. The fraction of sp³-hybridized carbons (Fsp3) is 0.400. The van der Waals surface area contributed by atoms with E-state index >= 15 is 0 Å². The van der Waals surface area contributed by atoms with Crippen molar-refractivity contribution in [1.82, 2.24) is 0 Å². The van der Waals surface area contributed by atoms with Gasteiger partial charge in [-0.3, -0.25) is 4.79 Å². The molecule has 0 atom stereocenters. The van der Waals surface area contributed by atoms with Gasteiger partial charge in [-0.05, 0) is 37.6 Å². The third-order valence-electron chi connectivity index (χ3n) is 4.47. The Kier molecular flexibility index (Phi) is 6.53. The largest absolute Gasteiger partial charge is 0.462 e. The minimum atomic E-state index is -0.435. The first kappa shape index (κ1) is 20.2. The van der Waals surface area contributed by atoms with E-state index in [0.717, 1.165) is 17.0 Å². The van der Waals surface area contributed by atoms with Gasteiger partial charge in [-0.2, -0.15) is 0 Å². The normalized spacial score (nSPS) is 14.0. The van der Waals surface area contributed by atoms with Crippen LogP contribution in [0.2, 0.25) is 0 Å². The molecule has 1 aliphatic heterocycles. The first-order valence-electron chi connectivity index (χ1n) is 9.36. The third kappa shape index (κ3) is 4.45. The summed E-state index contributed by atoms with van der Waals surface area (Å²) < 4.78 is 10.5. The first-order chi connectivity index (χ1) is 13.5. The highest BCUT2D eigenvalue weighted by atomic mass is 32.1. The molecule has 150 valence electrons. The number of morpholine rings is 1. The number of ether oxygens (including phenoxy) is 2. The van der Waals surface area contributed by atoms with Crippen LogP contribution in [0.1, 0.15) is 39.4 Å². The molecule has 0 spiro atoms. The van der Waals surface area contributed by atoms with Crippen molar-refractivity contribution in [3.8, 4) is 0 Å². The van der Waals surface area contributed by atoms with Crippen molar-refractivity contribution in [3.05, 3.63) is 40.3 Å².